The van der Waals surface area contributed by atoms with Crippen LogP contribution in [-0.4, -0.2) is 47.7 Å². The molecule has 0 aliphatic carbocycles. The zero-order valence-electron chi connectivity index (χ0n) is 23.9. The highest BCUT2D eigenvalue weighted by molar-refractivity contribution is 5.79. The predicted octanol–water partition coefficient (Wildman–Crippen LogP) is 5.08. The van der Waals surface area contributed by atoms with Crippen LogP contribution in [0.3, 0.4) is 0 Å². The Labute approximate surface area is 231 Å². The summed E-state index contributed by atoms with van der Waals surface area (Å²) in [5.41, 5.74) is 6.94. The molecule has 2 heterocycles. The van der Waals surface area contributed by atoms with E-state index in [1.54, 1.807) is 11.2 Å². The number of carboxylic acid groups (broad SMARTS) is 1. The van der Waals surface area contributed by atoms with Crippen molar-refractivity contribution in [2.24, 2.45) is 11.3 Å². The van der Waals surface area contributed by atoms with Crippen LogP contribution in [0.5, 0.6) is 5.75 Å². The van der Waals surface area contributed by atoms with E-state index in [1.165, 1.54) is 11.1 Å². The number of pyridine rings is 1. The van der Waals surface area contributed by atoms with Gasteiger partial charge in [0, 0.05) is 45.3 Å². The fourth-order valence-electron chi connectivity index (χ4n) is 5.53. The number of benzene rings is 2. The van der Waals surface area contributed by atoms with Crippen LogP contribution in [0.15, 0.2) is 48.7 Å². The number of carboxylic acids is 1. The molecule has 0 saturated carbocycles. The lowest BCUT2D eigenvalue weighted by atomic mass is 9.69. The average Bonchev–Trinajstić information content (AvgIpc) is 3.12. The van der Waals surface area contributed by atoms with Gasteiger partial charge in [-0.2, -0.15) is 0 Å². The minimum atomic E-state index is -1.06. The summed E-state index contributed by atoms with van der Waals surface area (Å²) in [7, 11) is 1.87. The van der Waals surface area contributed by atoms with Crippen molar-refractivity contribution in [3.05, 3.63) is 82.2 Å². The third kappa shape index (κ3) is 5.72. The van der Waals surface area contributed by atoms with Crippen molar-refractivity contribution in [3.8, 4) is 5.75 Å². The molecule has 0 radical (unpaired) electrons. The highest BCUT2D eigenvalue weighted by Gasteiger charge is 2.40. The third-order valence-electron chi connectivity index (χ3n) is 7.96. The molecule has 3 aromatic rings. The molecule has 1 unspecified atom stereocenters. The molecule has 208 valence electrons. The number of nitrogens with one attached hydrogen (secondary N) is 1. The van der Waals surface area contributed by atoms with E-state index in [0.717, 1.165) is 52.6 Å². The monoisotopic (exact) mass is 531 g/mol. The van der Waals surface area contributed by atoms with Crippen molar-refractivity contribution >= 4 is 17.3 Å². The Balaban J connectivity index is 1.77. The molecule has 8 heteroatoms. The molecule has 4 N–H and O–H groups in total. The van der Waals surface area contributed by atoms with Crippen LogP contribution in [0, 0.1) is 19.3 Å². The van der Waals surface area contributed by atoms with E-state index < -0.39 is 11.4 Å². The molecular weight excluding hydrogens is 490 g/mol. The highest BCUT2D eigenvalue weighted by Crippen LogP contribution is 2.45. The van der Waals surface area contributed by atoms with E-state index in [0.29, 0.717) is 19.7 Å². The van der Waals surface area contributed by atoms with Crippen molar-refractivity contribution < 1.29 is 14.6 Å². The number of nitrogens with two attached hydrogens (primary N) is 1. The van der Waals surface area contributed by atoms with Gasteiger partial charge in [-0.05, 0) is 80.6 Å². The Morgan fingerprint density at radius 2 is 2.03 bits per heavy atom. The Morgan fingerprint density at radius 1 is 1.26 bits per heavy atom. The molecule has 4 rings (SSSR count). The number of hydrazine groups is 1. The zero-order chi connectivity index (χ0) is 28.3. The van der Waals surface area contributed by atoms with E-state index >= 15 is 0 Å². The topological polar surface area (TPSA) is 104 Å². The summed E-state index contributed by atoms with van der Waals surface area (Å²) in [6, 6.07) is 14.2. The maximum absolute atomic E-state index is 12.6. The molecule has 1 aliphatic heterocycles. The minimum absolute atomic E-state index is 0.377. The number of ether oxygens (including phenoxy) is 1. The van der Waals surface area contributed by atoms with Crippen molar-refractivity contribution in [3.63, 3.8) is 0 Å². The van der Waals surface area contributed by atoms with Crippen LogP contribution in [-0.2, 0) is 17.9 Å². The SMILES string of the molecule is CCN(N)c1ccc(C(c2ccc(C)c(CN3CCOc4cccnc4C3)c2)C(C)(C)C(=O)O)c(C)c1NC. The van der Waals surface area contributed by atoms with Crippen molar-refractivity contribution in [2.45, 2.75) is 53.6 Å². The maximum atomic E-state index is 12.6. The molecule has 0 spiro atoms. The van der Waals surface area contributed by atoms with Gasteiger partial charge >= 0.3 is 5.97 Å². The van der Waals surface area contributed by atoms with Crippen LogP contribution in [0.25, 0.3) is 0 Å². The Hall–Kier alpha value is -3.62. The third-order valence-corrected chi connectivity index (χ3v) is 7.96. The number of aryl methyl sites for hydroxylation is 1. The highest BCUT2D eigenvalue weighted by atomic mass is 16.5. The number of hydrogen-bond acceptors (Lipinski definition) is 7. The maximum Gasteiger partial charge on any atom is 0.310 e. The van der Waals surface area contributed by atoms with Crippen LogP contribution >= 0.6 is 0 Å². The number of hydrogen-bond donors (Lipinski definition) is 3. The smallest absolute Gasteiger partial charge is 0.310 e. The number of aromatic nitrogens is 1. The molecule has 1 aromatic heterocycles. The van der Waals surface area contributed by atoms with E-state index in [1.807, 2.05) is 59.0 Å². The van der Waals surface area contributed by atoms with E-state index in [2.05, 4.69) is 40.3 Å². The largest absolute Gasteiger partial charge is 0.490 e. The first kappa shape index (κ1) is 28.4. The first-order valence-electron chi connectivity index (χ1n) is 13.5. The second-order valence-corrected chi connectivity index (χ2v) is 10.9. The number of aliphatic carboxylic acids is 1. The summed E-state index contributed by atoms with van der Waals surface area (Å²) >= 11 is 0. The fraction of sp³-hybridized carbons (Fsp3) is 0.419. The molecule has 0 fully saturated rings. The fourth-order valence-corrected chi connectivity index (χ4v) is 5.53. The molecule has 1 aliphatic rings. The minimum Gasteiger partial charge on any atom is -0.490 e. The van der Waals surface area contributed by atoms with Gasteiger partial charge in [0.1, 0.15) is 12.4 Å². The van der Waals surface area contributed by atoms with Gasteiger partial charge in [-0.1, -0.05) is 24.3 Å². The summed E-state index contributed by atoms with van der Waals surface area (Å²) in [6.07, 6.45) is 1.80. The van der Waals surface area contributed by atoms with E-state index in [4.69, 9.17) is 10.6 Å². The number of nitrogens with zero attached hydrogens (tertiary/aromatic N) is 3. The lowest BCUT2D eigenvalue weighted by molar-refractivity contribution is -0.147. The molecule has 2 aromatic carbocycles. The molecule has 1 atom stereocenters. The number of anilines is 2. The van der Waals surface area contributed by atoms with Crippen LogP contribution in [0.1, 0.15) is 60.2 Å². The zero-order valence-corrected chi connectivity index (χ0v) is 23.9. The van der Waals surface area contributed by atoms with Crippen molar-refractivity contribution in [2.75, 3.05) is 37.1 Å². The van der Waals surface area contributed by atoms with E-state index in [-0.39, 0.29) is 5.92 Å². The van der Waals surface area contributed by atoms with E-state index in [9.17, 15) is 9.90 Å². The standard InChI is InChI=1S/C31H41N5O3/c1-7-36(32)26-13-12-24(21(3)29(26)33-6)28(31(4,5)30(37)38)22-11-10-20(2)23(17-22)18-35-15-16-39-27-9-8-14-34-25(27)19-35/h8-14,17,28,33H,7,15-16,18-19,32H2,1-6H3,(H,37,38). The van der Waals surface area contributed by atoms with Crippen molar-refractivity contribution in [1.82, 2.24) is 9.88 Å². The van der Waals surface area contributed by atoms with Crippen molar-refractivity contribution in [1.29, 1.82) is 0 Å². The quantitative estimate of drug-likeness (QED) is 0.260. The van der Waals surface area contributed by atoms with Gasteiger partial charge in [0.25, 0.3) is 0 Å². The second-order valence-electron chi connectivity index (χ2n) is 10.9. The molecule has 0 saturated heterocycles. The number of rotatable bonds is 9. The molecule has 0 bridgehead atoms. The molecule has 0 amide bonds. The molecular formula is C31H41N5O3. The summed E-state index contributed by atoms with van der Waals surface area (Å²) < 4.78 is 5.92. The van der Waals surface area contributed by atoms with Gasteiger partial charge in [-0.3, -0.25) is 14.7 Å². The number of carbonyl (C=O) groups is 1. The predicted molar refractivity (Wildman–Crippen MR) is 156 cm³/mol. The van der Waals surface area contributed by atoms with Gasteiger partial charge in [0.15, 0.2) is 0 Å². The summed E-state index contributed by atoms with van der Waals surface area (Å²) in [4.78, 5) is 19.5. The Morgan fingerprint density at radius 3 is 2.72 bits per heavy atom. The second kappa shape index (κ2) is 11.6. The lowest BCUT2D eigenvalue weighted by Crippen LogP contribution is -2.34. The Kier molecular flexibility index (Phi) is 8.47. The summed E-state index contributed by atoms with van der Waals surface area (Å²) in [5.74, 6) is 5.88. The van der Waals surface area contributed by atoms with Crippen LogP contribution in [0.4, 0.5) is 11.4 Å². The Bertz CT molecular complexity index is 1340. The van der Waals surface area contributed by atoms with Gasteiger partial charge < -0.3 is 20.2 Å². The van der Waals surface area contributed by atoms with Gasteiger partial charge in [0.05, 0.1) is 22.5 Å². The lowest BCUT2D eigenvalue weighted by Gasteiger charge is -2.34. The summed E-state index contributed by atoms with van der Waals surface area (Å²) in [6.45, 7) is 13.2. The van der Waals surface area contributed by atoms with Crippen LogP contribution < -0.4 is 20.9 Å². The van der Waals surface area contributed by atoms with Crippen LogP contribution in [0.2, 0.25) is 0 Å². The summed E-state index contributed by atoms with van der Waals surface area (Å²) in [5, 5.41) is 15.4. The first-order chi connectivity index (χ1) is 18.6. The first-order valence-corrected chi connectivity index (χ1v) is 13.5. The molecule has 39 heavy (non-hydrogen) atoms. The van der Waals surface area contributed by atoms with Gasteiger partial charge in [-0.25, -0.2) is 5.84 Å². The van der Waals surface area contributed by atoms with Gasteiger partial charge in [-0.15, -0.1) is 0 Å². The molecule has 8 nitrogen and oxygen atoms in total. The normalized spacial score (nSPS) is 14.6. The average molecular weight is 532 g/mol. The van der Waals surface area contributed by atoms with Gasteiger partial charge in [0.2, 0.25) is 0 Å². The number of fused-ring (bicyclic) bond motifs is 1.